The van der Waals surface area contributed by atoms with E-state index in [-0.39, 0.29) is 11.9 Å². The Labute approximate surface area is 164 Å². The van der Waals surface area contributed by atoms with Crippen LogP contribution in [0, 0.1) is 6.92 Å². The highest BCUT2D eigenvalue weighted by molar-refractivity contribution is 5.90. The maximum Gasteiger partial charge on any atom is 0.321 e. The quantitative estimate of drug-likeness (QED) is 0.756. The van der Waals surface area contributed by atoms with Crippen LogP contribution >= 0.6 is 0 Å². The van der Waals surface area contributed by atoms with Crippen molar-refractivity contribution in [3.63, 3.8) is 0 Å². The fraction of sp³-hybridized carbons (Fsp3) is 0.400. The van der Waals surface area contributed by atoms with Gasteiger partial charge in [0.25, 0.3) is 0 Å². The van der Waals surface area contributed by atoms with Crippen LogP contribution in [0.3, 0.4) is 0 Å². The molecule has 4 rings (SSSR count). The Bertz CT molecular complexity index is 947. The minimum absolute atomic E-state index is 0.0557. The number of carbonyl (C=O) groups is 1. The molecule has 1 fully saturated rings. The molecule has 0 aliphatic carbocycles. The number of likely N-dealkylation sites (tertiary alicyclic amines) is 1. The number of hydrogen-bond donors (Lipinski definition) is 1. The van der Waals surface area contributed by atoms with Gasteiger partial charge in [-0.25, -0.2) is 9.78 Å². The molecule has 0 bridgehead atoms. The summed E-state index contributed by atoms with van der Waals surface area (Å²) in [6.45, 7) is 4.03. The second-order valence-corrected chi connectivity index (χ2v) is 7.30. The van der Waals surface area contributed by atoms with Crippen LogP contribution < -0.4 is 5.32 Å². The molecule has 146 valence electrons. The number of para-hydroxylation sites is 1. The number of amides is 2. The number of nitrogens with zero attached hydrogens (tertiary/aromatic N) is 6. The molecule has 2 aromatic heterocycles. The van der Waals surface area contributed by atoms with E-state index in [4.69, 9.17) is 0 Å². The Morgan fingerprint density at radius 1 is 1.29 bits per heavy atom. The summed E-state index contributed by atoms with van der Waals surface area (Å²) in [6.07, 6.45) is 7.39. The number of hydrogen-bond acceptors (Lipinski definition) is 4. The molecule has 1 saturated heterocycles. The molecule has 0 spiro atoms. The fourth-order valence-corrected chi connectivity index (χ4v) is 3.69. The first-order chi connectivity index (χ1) is 13.6. The summed E-state index contributed by atoms with van der Waals surface area (Å²) in [5.74, 6) is 2.00. The second kappa shape index (κ2) is 7.84. The average molecular weight is 379 g/mol. The molecular formula is C20H25N7O. The Balaban J connectivity index is 1.44. The molecule has 1 aliphatic rings. The van der Waals surface area contributed by atoms with Crippen molar-refractivity contribution in [3.8, 4) is 0 Å². The van der Waals surface area contributed by atoms with Gasteiger partial charge in [0.05, 0.1) is 12.9 Å². The first-order valence-corrected chi connectivity index (χ1v) is 9.57. The Hall–Kier alpha value is -3.16. The molecule has 3 aromatic rings. The lowest BCUT2D eigenvalue weighted by Crippen LogP contribution is -2.42. The second-order valence-electron chi connectivity index (χ2n) is 7.30. The molecule has 0 saturated carbocycles. The van der Waals surface area contributed by atoms with E-state index < -0.39 is 0 Å². The topological polar surface area (TPSA) is 80.9 Å². The van der Waals surface area contributed by atoms with Gasteiger partial charge in [-0.2, -0.15) is 0 Å². The smallest absolute Gasteiger partial charge is 0.321 e. The van der Waals surface area contributed by atoms with Gasteiger partial charge in [0.15, 0.2) is 5.82 Å². The Morgan fingerprint density at radius 2 is 2.14 bits per heavy atom. The largest absolute Gasteiger partial charge is 0.330 e. The van der Waals surface area contributed by atoms with Gasteiger partial charge in [0.1, 0.15) is 5.82 Å². The van der Waals surface area contributed by atoms with Crippen molar-refractivity contribution in [3.05, 3.63) is 60.2 Å². The summed E-state index contributed by atoms with van der Waals surface area (Å²) in [5.41, 5.74) is 1.91. The molecule has 1 atom stereocenters. The molecule has 1 aromatic carbocycles. The number of aryl methyl sites for hydroxylation is 1. The number of piperidine rings is 1. The van der Waals surface area contributed by atoms with Crippen LogP contribution in [0.15, 0.2) is 43.0 Å². The molecule has 8 nitrogen and oxygen atoms in total. The summed E-state index contributed by atoms with van der Waals surface area (Å²) in [4.78, 5) is 18.7. The monoisotopic (exact) mass is 379 g/mol. The molecule has 1 unspecified atom stereocenters. The van der Waals surface area contributed by atoms with E-state index in [0.29, 0.717) is 13.1 Å². The zero-order chi connectivity index (χ0) is 19.5. The van der Waals surface area contributed by atoms with E-state index in [1.54, 1.807) is 12.5 Å². The number of urea groups is 1. The zero-order valence-electron chi connectivity index (χ0n) is 16.2. The van der Waals surface area contributed by atoms with Crippen molar-refractivity contribution in [1.82, 2.24) is 29.2 Å². The van der Waals surface area contributed by atoms with E-state index in [9.17, 15) is 4.79 Å². The van der Waals surface area contributed by atoms with Crippen molar-refractivity contribution in [2.75, 3.05) is 18.4 Å². The number of nitrogens with one attached hydrogen (secondary N) is 1. The van der Waals surface area contributed by atoms with Crippen molar-refractivity contribution >= 4 is 11.7 Å². The van der Waals surface area contributed by atoms with E-state index in [1.807, 2.05) is 58.5 Å². The molecule has 3 heterocycles. The molecule has 28 heavy (non-hydrogen) atoms. The lowest BCUT2D eigenvalue weighted by molar-refractivity contribution is 0.190. The number of aromatic nitrogens is 5. The third kappa shape index (κ3) is 3.76. The van der Waals surface area contributed by atoms with Gasteiger partial charge in [0, 0.05) is 44.1 Å². The van der Waals surface area contributed by atoms with Crippen molar-refractivity contribution in [2.45, 2.75) is 32.2 Å². The lowest BCUT2D eigenvalue weighted by atomic mass is 9.97. The summed E-state index contributed by atoms with van der Waals surface area (Å²) in [5, 5.41) is 11.8. The fourth-order valence-electron chi connectivity index (χ4n) is 3.69. The summed E-state index contributed by atoms with van der Waals surface area (Å²) in [7, 11) is 1.99. The van der Waals surface area contributed by atoms with Gasteiger partial charge in [-0.3, -0.25) is 0 Å². The van der Waals surface area contributed by atoms with Gasteiger partial charge in [0.2, 0.25) is 0 Å². The minimum atomic E-state index is -0.0557. The molecule has 1 N–H and O–H groups in total. The predicted octanol–water partition coefficient (Wildman–Crippen LogP) is 2.78. The maximum atomic E-state index is 12.8. The summed E-state index contributed by atoms with van der Waals surface area (Å²) >= 11 is 0. The number of imidazole rings is 1. The van der Waals surface area contributed by atoms with E-state index in [0.717, 1.165) is 42.3 Å². The predicted molar refractivity (Wildman–Crippen MR) is 106 cm³/mol. The van der Waals surface area contributed by atoms with Gasteiger partial charge < -0.3 is 19.4 Å². The first-order valence-electron chi connectivity index (χ1n) is 9.57. The van der Waals surface area contributed by atoms with E-state index in [1.165, 1.54) is 0 Å². The van der Waals surface area contributed by atoms with Gasteiger partial charge in [-0.1, -0.05) is 18.2 Å². The zero-order valence-corrected chi connectivity index (χ0v) is 16.2. The van der Waals surface area contributed by atoms with Crippen molar-refractivity contribution in [2.24, 2.45) is 7.05 Å². The standard InChI is InChI=1S/C20H25N7O/c1-15-6-3-4-8-17(15)22-20(28)27-10-5-7-16(12-27)19-24-23-18(25(19)2)13-26-11-9-21-14-26/h3-4,6,8-9,11,14,16H,5,7,10,12-13H2,1-2H3,(H,22,28). The third-order valence-electron chi connectivity index (χ3n) is 5.34. The minimum Gasteiger partial charge on any atom is -0.330 e. The number of anilines is 1. The van der Waals surface area contributed by atoms with Crippen LogP contribution in [0.2, 0.25) is 0 Å². The number of benzene rings is 1. The summed E-state index contributed by atoms with van der Waals surface area (Å²) in [6, 6.07) is 7.77. The van der Waals surface area contributed by atoms with Gasteiger partial charge >= 0.3 is 6.03 Å². The van der Waals surface area contributed by atoms with Gasteiger partial charge in [-0.15, -0.1) is 10.2 Å². The number of rotatable bonds is 4. The normalized spacial score (nSPS) is 16.9. The average Bonchev–Trinajstić information content (AvgIpc) is 3.34. The lowest BCUT2D eigenvalue weighted by Gasteiger charge is -2.32. The molecule has 8 heteroatoms. The van der Waals surface area contributed by atoms with Crippen molar-refractivity contribution < 1.29 is 4.79 Å². The van der Waals surface area contributed by atoms with E-state index >= 15 is 0 Å². The SMILES string of the molecule is Cc1ccccc1NC(=O)N1CCCC(c2nnc(Cn3ccnc3)n2C)C1. The van der Waals surface area contributed by atoms with E-state index in [2.05, 4.69) is 20.5 Å². The van der Waals surface area contributed by atoms with Crippen molar-refractivity contribution in [1.29, 1.82) is 0 Å². The Morgan fingerprint density at radius 3 is 2.93 bits per heavy atom. The van der Waals surface area contributed by atoms with Crippen LogP contribution in [0.25, 0.3) is 0 Å². The molecular weight excluding hydrogens is 354 g/mol. The van der Waals surface area contributed by atoms with Crippen LogP contribution in [-0.2, 0) is 13.6 Å². The third-order valence-corrected chi connectivity index (χ3v) is 5.34. The molecule has 2 amide bonds. The highest BCUT2D eigenvalue weighted by atomic mass is 16.2. The van der Waals surface area contributed by atoms with Crippen LogP contribution in [0.5, 0.6) is 0 Å². The molecule has 1 aliphatic heterocycles. The Kier molecular flexibility index (Phi) is 5.10. The van der Waals surface area contributed by atoms with Crippen LogP contribution in [-0.4, -0.2) is 48.3 Å². The number of carbonyl (C=O) groups excluding carboxylic acids is 1. The van der Waals surface area contributed by atoms with Crippen LogP contribution in [0.4, 0.5) is 10.5 Å². The summed E-state index contributed by atoms with van der Waals surface area (Å²) < 4.78 is 4.02. The van der Waals surface area contributed by atoms with Gasteiger partial charge in [-0.05, 0) is 31.4 Å². The van der Waals surface area contributed by atoms with Crippen LogP contribution in [0.1, 0.15) is 36.0 Å². The maximum absolute atomic E-state index is 12.8. The highest BCUT2D eigenvalue weighted by Gasteiger charge is 2.28. The highest BCUT2D eigenvalue weighted by Crippen LogP contribution is 2.26. The molecule has 0 radical (unpaired) electrons. The first kappa shape index (κ1) is 18.2.